The number of hydrogen-bond acceptors (Lipinski definition) is 3. The summed E-state index contributed by atoms with van der Waals surface area (Å²) in [6.45, 7) is 4.01. The maximum Gasteiger partial charge on any atom is 0.123 e. The van der Waals surface area contributed by atoms with E-state index in [-0.39, 0.29) is 6.04 Å². The molecule has 2 aromatic heterocycles. The monoisotopic (exact) mass is 256 g/mol. The van der Waals surface area contributed by atoms with E-state index in [0.29, 0.717) is 10.7 Å². The van der Waals surface area contributed by atoms with Crippen molar-refractivity contribution in [2.24, 2.45) is 0 Å². The molecule has 86 valence electrons. The third-order valence-corrected chi connectivity index (χ3v) is 3.39. The highest BCUT2D eigenvalue weighted by Crippen LogP contribution is 2.30. The molecule has 0 spiro atoms. The second-order valence-electron chi connectivity index (χ2n) is 3.88. The van der Waals surface area contributed by atoms with Gasteiger partial charge in [-0.3, -0.25) is 4.68 Å². The predicted molar refractivity (Wildman–Crippen MR) is 66.0 cm³/mol. The molecule has 0 fully saturated rings. The van der Waals surface area contributed by atoms with Gasteiger partial charge in [-0.25, -0.2) is 0 Å². The highest BCUT2D eigenvalue weighted by atomic mass is 35.5. The topological polar surface area (TPSA) is 38.0 Å². The van der Waals surface area contributed by atoms with Crippen LogP contribution in [-0.2, 0) is 0 Å². The van der Waals surface area contributed by atoms with Gasteiger partial charge in [0.1, 0.15) is 6.10 Å². The standard InChI is InChI=1S/C11H13ClN2OS/c1-7(2)14-10(9(12)5-13-14)11(15)8-3-4-16-6-8/h3-7,11,15H,1-2H3. The van der Waals surface area contributed by atoms with Crippen molar-refractivity contribution >= 4 is 22.9 Å². The number of thiophene rings is 1. The molecular formula is C11H13ClN2OS. The molecule has 1 N–H and O–H groups in total. The smallest absolute Gasteiger partial charge is 0.123 e. The first-order valence-corrected chi connectivity index (χ1v) is 6.36. The van der Waals surface area contributed by atoms with E-state index < -0.39 is 6.10 Å². The molecule has 0 saturated heterocycles. The number of hydrogen-bond donors (Lipinski definition) is 1. The van der Waals surface area contributed by atoms with Gasteiger partial charge in [0.2, 0.25) is 0 Å². The van der Waals surface area contributed by atoms with E-state index in [1.54, 1.807) is 22.2 Å². The summed E-state index contributed by atoms with van der Waals surface area (Å²) in [6.07, 6.45) is 0.871. The molecule has 1 atom stereocenters. The van der Waals surface area contributed by atoms with Crippen LogP contribution in [0.15, 0.2) is 23.0 Å². The lowest BCUT2D eigenvalue weighted by molar-refractivity contribution is 0.205. The van der Waals surface area contributed by atoms with Crippen LogP contribution in [-0.4, -0.2) is 14.9 Å². The summed E-state index contributed by atoms with van der Waals surface area (Å²) in [5.74, 6) is 0. The Morgan fingerprint density at radius 1 is 1.50 bits per heavy atom. The summed E-state index contributed by atoms with van der Waals surface area (Å²) < 4.78 is 1.75. The lowest BCUT2D eigenvalue weighted by Crippen LogP contribution is -2.12. The normalized spacial score (nSPS) is 13.3. The fourth-order valence-corrected chi connectivity index (χ4v) is 2.52. The maximum atomic E-state index is 10.2. The summed E-state index contributed by atoms with van der Waals surface area (Å²) in [6, 6.07) is 2.07. The van der Waals surface area contributed by atoms with Crippen molar-refractivity contribution in [1.82, 2.24) is 9.78 Å². The lowest BCUT2D eigenvalue weighted by Gasteiger charge is -2.15. The second-order valence-corrected chi connectivity index (χ2v) is 5.06. The Kier molecular flexibility index (Phi) is 3.33. The quantitative estimate of drug-likeness (QED) is 0.915. The van der Waals surface area contributed by atoms with Crippen molar-refractivity contribution in [1.29, 1.82) is 0 Å². The minimum absolute atomic E-state index is 0.177. The number of aromatic nitrogens is 2. The minimum atomic E-state index is -0.705. The van der Waals surface area contributed by atoms with Gasteiger partial charge in [-0.15, -0.1) is 0 Å². The van der Waals surface area contributed by atoms with Gasteiger partial charge in [-0.05, 0) is 36.2 Å². The Morgan fingerprint density at radius 2 is 2.25 bits per heavy atom. The summed E-state index contributed by atoms with van der Waals surface area (Å²) in [5, 5.41) is 18.8. The van der Waals surface area contributed by atoms with E-state index in [1.807, 2.05) is 30.7 Å². The van der Waals surface area contributed by atoms with Crippen molar-refractivity contribution in [2.45, 2.75) is 26.0 Å². The van der Waals surface area contributed by atoms with Crippen LogP contribution in [0.5, 0.6) is 0 Å². The zero-order valence-electron chi connectivity index (χ0n) is 9.09. The molecule has 0 bridgehead atoms. The fraction of sp³-hybridized carbons (Fsp3) is 0.364. The van der Waals surface area contributed by atoms with E-state index >= 15 is 0 Å². The Labute approximate surface area is 103 Å². The maximum absolute atomic E-state index is 10.2. The van der Waals surface area contributed by atoms with Crippen LogP contribution >= 0.6 is 22.9 Å². The molecule has 16 heavy (non-hydrogen) atoms. The zero-order chi connectivity index (χ0) is 11.7. The molecule has 2 rings (SSSR count). The molecule has 2 aromatic rings. The van der Waals surface area contributed by atoms with Gasteiger partial charge < -0.3 is 5.11 Å². The minimum Gasteiger partial charge on any atom is -0.382 e. The number of halogens is 1. The number of aliphatic hydroxyl groups is 1. The molecule has 1 unspecified atom stereocenters. The highest BCUT2D eigenvalue weighted by molar-refractivity contribution is 7.07. The average Bonchev–Trinajstić information content (AvgIpc) is 2.84. The fourth-order valence-electron chi connectivity index (χ4n) is 1.61. The lowest BCUT2D eigenvalue weighted by atomic mass is 10.1. The largest absolute Gasteiger partial charge is 0.382 e. The number of nitrogens with zero attached hydrogens (tertiary/aromatic N) is 2. The number of aliphatic hydroxyl groups excluding tert-OH is 1. The van der Waals surface area contributed by atoms with Crippen LogP contribution in [0.4, 0.5) is 0 Å². The third-order valence-electron chi connectivity index (χ3n) is 2.39. The summed E-state index contributed by atoms with van der Waals surface area (Å²) >= 11 is 7.61. The van der Waals surface area contributed by atoms with Gasteiger partial charge in [0, 0.05) is 6.04 Å². The molecule has 0 aromatic carbocycles. The van der Waals surface area contributed by atoms with E-state index in [4.69, 9.17) is 11.6 Å². The third kappa shape index (κ3) is 2.00. The Bertz CT molecular complexity index is 464. The summed E-state index contributed by atoms with van der Waals surface area (Å²) in [4.78, 5) is 0. The van der Waals surface area contributed by atoms with Gasteiger partial charge in [-0.2, -0.15) is 16.4 Å². The van der Waals surface area contributed by atoms with Gasteiger partial charge >= 0.3 is 0 Å². The molecule has 0 aliphatic carbocycles. The first-order valence-electron chi connectivity index (χ1n) is 5.04. The predicted octanol–water partition coefficient (Wildman–Crippen LogP) is 3.26. The Balaban J connectivity index is 2.43. The van der Waals surface area contributed by atoms with Gasteiger partial charge in [0.25, 0.3) is 0 Å². The van der Waals surface area contributed by atoms with Crippen molar-refractivity contribution in [3.05, 3.63) is 39.3 Å². The molecule has 0 aliphatic heterocycles. The SMILES string of the molecule is CC(C)n1ncc(Cl)c1C(O)c1ccsc1. The zero-order valence-corrected chi connectivity index (χ0v) is 10.7. The summed E-state index contributed by atoms with van der Waals surface area (Å²) in [7, 11) is 0. The van der Waals surface area contributed by atoms with Crippen molar-refractivity contribution in [3.63, 3.8) is 0 Å². The molecule has 0 amide bonds. The highest BCUT2D eigenvalue weighted by Gasteiger charge is 2.21. The average molecular weight is 257 g/mol. The molecule has 2 heterocycles. The molecular weight excluding hydrogens is 244 g/mol. The Morgan fingerprint density at radius 3 is 2.81 bits per heavy atom. The van der Waals surface area contributed by atoms with Crippen molar-refractivity contribution in [3.8, 4) is 0 Å². The molecule has 5 heteroatoms. The van der Waals surface area contributed by atoms with Crippen molar-refractivity contribution in [2.75, 3.05) is 0 Å². The first-order chi connectivity index (χ1) is 7.61. The second kappa shape index (κ2) is 4.57. The molecule has 3 nitrogen and oxygen atoms in total. The van der Waals surface area contributed by atoms with Crippen LogP contribution in [0.25, 0.3) is 0 Å². The van der Waals surface area contributed by atoms with Gasteiger partial charge in [0.15, 0.2) is 0 Å². The first kappa shape index (κ1) is 11.6. The van der Waals surface area contributed by atoms with E-state index in [0.717, 1.165) is 5.56 Å². The van der Waals surface area contributed by atoms with Crippen LogP contribution in [0.1, 0.15) is 37.3 Å². The molecule has 0 saturated carbocycles. The van der Waals surface area contributed by atoms with Gasteiger partial charge in [-0.1, -0.05) is 11.6 Å². The van der Waals surface area contributed by atoms with E-state index in [1.165, 1.54) is 0 Å². The van der Waals surface area contributed by atoms with Crippen LogP contribution in [0.3, 0.4) is 0 Å². The van der Waals surface area contributed by atoms with Crippen molar-refractivity contribution < 1.29 is 5.11 Å². The van der Waals surface area contributed by atoms with Gasteiger partial charge in [0.05, 0.1) is 16.9 Å². The number of rotatable bonds is 3. The van der Waals surface area contributed by atoms with E-state index in [2.05, 4.69) is 5.10 Å². The Hall–Kier alpha value is -0.840. The van der Waals surface area contributed by atoms with Crippen LogP contribution in [0, 0.1) is 0 Å². The van der Waals surface area contributed by atoms with Crippen LogP contribution < -0.4 is 0 Å². The van der Waals surface area contributed by atoms with Crippen LogP contribution in [0.2, 0.25) is 5.02 Å². The molecule has 0 aliphatic rings. The summed E-state index contributed by atoms with van der Waals surface area (Å²) in [5.41, 5.74) is 1.52. The molecule has 0 radical (unpaired) electrons. The van der Waals surface area contributed by atoms with E-state index in [9.17, 15) is 5.11 Å².